The summed E-state index contributed by atoms with van der Waals surface area (Å²) in [4.78, 5) is 14.7. The lowest BCUT2D eigenvalue weighted by Gasteiger charge is -1.98. The average Bonchev–Trinajstić information content (AvgIpc) is 2.20. The SMILES string of the molecule is CC(=O)NCCC=Cc1cccnc1Br. The summed E-state index contributed by atoms with van der Waals surface area (Å²) >= 11 is 3.36. The van der Waals surface area contributed by atoms with Crippen molar-refractivity contribution in [1.82, 2.24) is 10.3 Å². The van der Waals surface area contributed by atoms with Gasteiger partial charge in [-0.2, -0.15) is 0 Å². The van der Waals surface area contributed by atoms with Gasteiger partial charge in [-0.3, -0.25) is 4.79 Å². The normalized spacial score (nSPS) is 10.5. The molecule has 80 valence electrons. The molecule has 1 N–H and O–H groups in total. The molecule has 0 fully saturated rings. The van der Waals surface area contributed by atoms with Crippen LogP contribution in [-0.2, 0) is 4.79 Å². The number of carbonyl (C=O) groups excluding carboxylic acids is 1. The first-order chi connectivity index (χ1) is 7.20. The van der Waals surface area contributed by atoms with Crippen molar-refractivity contribution in [3.8, 4) is 0 Å². The fraction of sp³-hybridized carbons (Fsp3) is 0.273. The standard InChI is InChI=1S/C11H13BrN2O/c1-9(15)13-7-3-2-5-10-6-4-8-14-11(10)12/h2,4-6,8H,3,7H2,1H3,(H,13,15). The van der Waals surface area contributed by atoms with Crippen LogP contribution in [0.2, 0.25) is 0 Å². The molecule has 1 rings (SSSR count). The van der Waals surface area contributed by atoms with E-state index in [1.165, 1.54) is 6.92 Å². The molecular weight excluding hydrogens is 256 g/mol. The van der Waals surface area contributed by atoms with Gasteiger partial charge in [0.05, 0.1) is 0 Å². The van der Waals surface area contributed by atoms with Gasteiger partial charge < -0.3 is 5.32 Å². The second kappa shape index (κ2) is 6.35. The van der Waals surface area contributed by atoms with Crippen LogP contribution >= 0.6 is 15.9 Å². The van der Waals surface area contributed by atoms with Gasteiger partial charge in [-0.25, -0.2) is 4.98 Å². The molecule has 0 aromatic carbocycles. The third-order valence-electron chi connectivity index (χ3n) is 1.77. The molecule has 0 spiro atoms. The van der Waals surface area contributed by atoms with Crippen LogP contribution in [0.5, 0.6) is 0 Å². The largest absolute Gasteiger partial charge is 0.356 e. The van der Waals surface area contributed by atoms with Crippen molar-refractivity contribution in [2.24, 2.45) is 0 Å². The summed E-state index contributed by atoms with van der Waals surface area (Å²) in [5.41, 5.74) is 1.04. The Bertz CT molecular complexity index is 363. The highest BCUT2D eigenvalue weighted by Gasteiger charge is 1.93. The van der Waals surface area contributed by atoms with Crippen molar-refractivity contribution in [2.45, 2.75) is 13.3 Å². The van der Waals surface area contributed by atoms with Crippen LogP contribution < -0.4 is 5.32 Å². The third kappa shape index (κ3) is 4.74. The molecule has 0 radical (unpaired) electrons. The van der Waals surface area contributed by atoms with Crippen LogP contribution in [0.25, 0.3) is 6.08 Å². The number of nitrogens with one attached hydrogen (secondary N) is 1. The van der Waals surface area contributed by atoms with Gasteiger partial charge >= 0.3 is 0 Å². The topological polar surface area (TPSA) is 42.0 Å². The van der Waals surface area contributed by atoms with Crippen molar-refractivity contribution in [3.63, 3.8) is 0 Å². The number of halogens is 1. The fourth-order valence-electron chi connectivity index (χ4n) is 1.06. The van der Waals surface area contributed by atoms with E-state index in [2.05, 4.69) is 26.2 Å². The summed E-state index contributed by atoms with van der Waals surface area (Å²) in [6.07, 6.45) is 6.55. The van der Waals surface area contributed by atoms with Gasteiger partial charge in [-0.15, -0.1) is 0 Å². The van der Waals surface area contributed by atoms with E-state index in [-0.39, 0.29) is 5.91 Å². The third-order valence-corrected chi connectivity index (χ3v) is 2.43. The van der Waals surface area contributed by atoms with E-state index in [1.54, 1.807) is 6.20 Å². The van der Waals surface area contributed by atoms with Crippen LogP contribution in [0.3, 0.4) is 0 Å². The highest BCUT2D eigenvalue weighted by atomic mass is 79.9. The Morgan fingerprint density at radius 1 is 1.67 bits per heavy atom. The van der Waals surface area contributed by atoms with Crippen molar-refractivity contribution < 1.29 is 4.79 Å². The lowest BCUT2D eigenvalue weighted by Crippen LogP contribution is -2.20. The Kier molecular flexibility index (Phi) is 5.04. The number of rotatable bonds is 4. The van der Waals surface area contributed by atoms with E-state index in [0.717, 1.165) is 16.6 Å². The second-order valence-electron chi connectivity index (χ2n) is 3.06. The number of nitrogens with zero attached hydrogens (tertiary/aromatic N) is 1. The molecule has 1 heterocycles. The molecule has 4 heteroatoms. The second-order valence-corrected chi connectivity index (χ2v) is 3.81. The molecule has 0 unspecified atom stereocenters. The zero-order chi connectivity index (χ0) is 11.1. The number of hydrogen-bond acceptors (Lipinski definition) is 2. The van der Waals surface area contributed by atoms with Crippen LogP contribution in [0.1, 0.15) is 18.9 Å². The first-order valence-corrected chi connectivity index (χ1v) is 5.51. The number of pyridine rings is 1. The fourth-order valence-corrected chi connectivity index (χ4v) is 1.45. The zero-order valence-electron chi connectivity index (χ0n) is 8.53. The van der Waals surface area contributed by atoms with Gasteiger partial charge in [-0.1, -0.05) is 18.2 Å². The molecule has 1 aromatic heterocycles. The number of carbonyl (C=O) groups is 1. The summed E-state index contributed by atoms with van der Waals surface area (Å²) in [5.74, 6) is 0.00552. The lowest BCUT2D eigenvalue weighted by molar-refractivity contribution is -0.118. The predicted molar refractivity (Wildman–Crippen MR) is 64.3 cm³/mol. The van der Waals surface area contributed by atoms with E-state index in [9.17, 15) is 4.79 Å². The quantitative estimate of drug-likeness (QED) is 0.673. The first kappa shape index (κ1) is 11.9. The Labute approximate surface area is 97.7 Å². The maximum Gasteiger partial charge on any atom is 0.216 e. The minimum Gasteiger partial charge on any atom is -0.356 e. The predicted octanol–water partition coefficient (Wildman–Crippen LogP) is 2.38. The van der Waals surface area contributed by atoms with E-state index in [1.807, 2.05) is 24.3 Å². The Morgan fingerprint density at radius 2 is 2.47 bits per heavy atom. The molecule has 0 aliphatic rings. The Morgan fingerprint density at radius 3 is 3.13 bits per heavy atom. The average molecular weight is 269 g/mol. The van der Waals surface area contributed by atoms with Crippen molar-refractivity contribution in [3.05, 3.63) is 34.6 Å². The number of amides is 1. The Balaban J connectivity index is 2.38. The van der Waals surface area contributed by atoms with E-state index < -0.39 is 0 Å². The monoisotopic (exact) mass is 268 g/mol. The zero-order valence-corrected chi connectivity index (χ0v) is 10.1. The van der Waals surface area contributed by atoms with Gasteiger partial charge in [0, 0.05) is 25.2 Å². The number of aromatic nitrogens is 1. The van der Waals surface area contributed by atoms with E-state index in [4.69, 9.17) is 0 Å². The van der Waals surface area contributed by atoms with Crippen LogP contribution in [0.15, 0.2) is 29.0 Å². The minimum atomic E-state index is 0.00552. The minimum absolute atomic E-state index is 0.00552. The molecule has 0 bridgehead atoms. The molecule has 0 saturated heterocycles. The van der Waals surface area contributed by atoms with E-state index >= 15 is 0 Å². The summed E-state index contributed by atoms with van der Waals surface area (Å²) in [5, 5.41) is 2.73. The van der Waals surface area contributed by atoms with Gasteiger partial charge in [0.1, 0.15) is 4.60 Å². The molecule has 0 aliphatic heterocycles. The maximum absolute atomic E-state index is 10.6. The smallest absolute Gasteiger partial charge is 0.216 e. The van der Waals surface area contributed by atoms with Crippen LogP contribution in [-0.4, -0.2) is 17.4 Å². The van der Waals surface area contributed by atoms with Crippen molar-refractivity contribution >= 4 is 27.9 Å². The lowest BCUT2D eigenvalue weighted by atomic mass is 10.2. The molecule has 0 atom stereocenters. The van der Waals surface area contributed by atoms with Crippen LogP contribution in [0.4, 0.5) is 0 Å². The van der Waals surface area contributed by atoms with Gasteiger partial charge in [0.2, 0.25) is 5.91 Å². The summed E-state index contributed by atoms with van der Waals surface area (Å²) in [6.45, 7) is 2.19. The Hall–Kier alpha value is -1.16. The van der Waals surface area contributed by atoms with Gasteiger partial charge in [-0.05, 0) is 28.4 Å². The molecule has 0 saturated carbocycles. The summed E-state index contributed by atoms with van der Waals surface area (Å²) < 4.78 is 0.834. The maximum atomic E-state index is 10.6. The highest BCUT2D eigenvalue weighted by Crippen LogP contribution is 2.13. The van der Waals surface area contributed by atoms with Gasteiger partial charge in [0.15, 0.2) is 0 Å². The molecule has 1 amide bonds. The molecule has 15 heavy (non-hydrogen) atoms. The van der Waals surface area contributed by atoms with Crippen molar-refractivity contribution in [2.75, 3.05) is 6.54 Å². The van der Waals surface area contributed by atoms with Crippen LogP contribution in [0, 0.1) is 0 Å². The number of hydrogen-bond donors (Lipinski definition) is 1. The van der Waals surface area contributed by atoms with Gasteiger partial charge in [0.25, 0.3) is 0 Å². The first-order valence-electron chi connectivity index (χ1n) is 4.71. The summed E-state index contributed by atoms with van der Waals surface area (Å²) in [7, 11) is 0. The molecule has 0 aliphatic carbocycles. The molecule has 3 nitrogen and oxygen atoms in total. The molecule has 1 aromatic rings. The summed E-state index contributed by atoms with van der Waals surface area (Å²) in [6, 6.07) is 3.87. The van der Waals surface area contributed by atoms with Crippen molar-refractivity contribution in [1.29, 1.82) is 0 Å². The highest BCUT2D eigenvalue weighted by molar-refractivity contribution is 9.10. The molecular formula is C11H13BrN2O. The van der Waals surface area contributed by atoms with E-state index in [0.29, 0.717) is 6.54 Å².